The van der Waals surface area contributed by atoms with Gasteiger partial charge in [0.1, 0.15) is 0 Å². The lowest BCUT2D eigenvalue weighted by atomic mass is 9.90. The van der Waals surface area contributed by atoms with Gasteiger partial charge in [0.25, 0.3) is 5.91 Å². The minimum Gasteiger partial charge on any atom is -0.364 e. The Balaban J connectivity index is 1.58. The van der Waals surface area contributed by atoms with Crippen LogP contribution in [0.5, 0.6) is 0 Å². The highest BCUT2D eigenvalue weighted by atomic mass is 35.5. The number of nitrogens with one attached hydrogen (secondary N) is 1. The van der Waals surface area contributed by atoms with Gasteiger partial charge in [0.15, 0.2) is 5.11 Å². The number of nitrogens with zero attached hydrogens (tertiary/aromatic N) is 3. The minimum absolute atomic E-state index is 0.0646. The van der Waals surface area contributed by atoms with E-state index in [0.29, 0.717) is 16.1 Å². The van der Waals surface area contributed by atoms with E-state index in [4.69, 9.17) is 35.4 Å². The van der Waals surface area contributed by atoms with Crippen molar-refractivity contribution in [3.05, 3.63) is 63.6 Å². The molecule has 2 aromatic carbocycles. The first-order valence-corrected chi connectivity index (χ1v) is 13.2. The Morgan fingerprint density at radius 2 is 1.88 bits per heavy atom. The standard InChI is InChI=1S/C26H32Cl2N4OS/c1-3-4-13-30(2)25(33)18-5-8-20(9-6-18)31-14-11-21(32-15-12-29-26(32)34)17-24(31)19-7-10-22(27)23(28)16-19/h5-10,16,21,24H,3-4,11-15,17H2,1-2H3,(H,29,34). The molecule has 2 aliphatic heterocycles. The van der Waals surface area contributed by atoms with Crippen molar-refractivity contribution in [3.63, 3.8) is 0 Å². The third kappa shape index (κ3) is 5.45. The molecule has 1 N–H and O–H groups in total. The Bertz CT molecular complexity index is 1030. The lowest BCUT2D eigenvalue weighted by molar-refractivity contribution is 0.0793. The Kier molecular flexibility index (Phi) is 8.22. The maximum atomic E-state index is 12.8. The summed E-state index contributed by atoms with van der Waals surface area (Å²) in [6.45, 7) is 5.64. The highest BCUT2D eigenvalue weighted by Crippen LogP contribution is 2.39. The van der Waals surface area contributed by atoms with Gasteiger partial charge >= 0.3 is 0 Å². The van der Waals surface area contributed by atoms with E-state index in [9.17, 15) is 4.79 Å². The van der Waals surface area contributed by atoms with Crippen molar-refractivity contribution in [1.82, 2.24) is 15.1 Å². The van der Waals surface area contributed by atoms with E-state index >= 15 is 0 Å². The van der Waals surface area contributed by atoms with E-state index < -0.39 is 0 Å². The average molecular weight is 520 g/mol. The highest BCUT2D eigenvalue weighted by molar-refractivity contribution is 7.80. The first kappa shape index (κ1) is 25.1. The van der Waals surface area contributed by atoms with Gasteiger partial charge in [0, 0.05) is 50.5 Å². The molecule has 8 heteroatoms. The fraction of sp³-hybridized carbons (Fsp3) is 0.462. The van der Waals surface area contributed by atoms with Gasteiger partial charge in [-0.05, 0) is 73.4 Å². The number of thiocarbonyl (C=S) groups is 1. The second kappa shape index (κ2) is 11.1. The maximum Gasteiger partial charge on any atom is 0.253 e. The van der Waals surface area contributed by atoms with Crippen molar-refractivity contribution < 1.29 is 4.79 Å². The van der Waals surface area contributed by atoms with Crippen molar-refractivity contribution in [1.29, 1.82) is 0 Å². The lowest BCUT2D eigenvalue weighted by Gasteiger charge is -2.44. The first-order chi connectivity index (χ1) is 16.4. The zero-order valence-corrected chi connectivity index (χ0v) is 22.1. The molecule has 2 heterocycles. The largest absolute Gasteiger partial charge is 0.364 e. The highest BCUT2D eigenvalue weighted by Gasteiger charge is 2.35. The lowest BCUT2D eigenvalue weighted by Crippen LogP contribution is -2.47. The minimum atomic E-state index is 0.0646. The summed E-state index contributed by atoms with van der Waals surface area (Å²) in [4.78, 5) is 19.3. The summed E-state index contributed by atoms with van der Waals surface area (Å²) in [6, 6.07) is 14.4. The van der Waals surface area contributed by atoms with Crippen LogP contribution < -0.4 is 10.2 Å². The van der Waals surface area contributed by atoms with Crippen LogP contribution in [0.4, 0.5) is 5.69 Å². The van der Waals surface area contributed by atoms with Crippen LogP contribution in [0.3, 0.4) is 0 Å². The molecule has 2 aromatic rings. The number of carbonyl (C=O) groups is 1. The molecule has 4 rings (SSSR count). The van der Waals surface area contributed by atoms with E-state index in [2.05, 4.69) is 40.2 Å². The van der Waals surface area contributed by atoms with Crippen LogP contribution in [0.15, 0.2) is 42.5 Å². The smallest absolute Gasteiger partial charge is 0.253 e. The SMILES string of the molecule is CCCCN(C)C(=O)c1ccc(N2CCC(N3CCNC3=S)CC2c2ccc(Cl)c(Cl)c2)cc1. The summed E-state index contributed by atoms with van der Waals surface area (Å²) in [5.74, 6) is 0.0646. The third-order valence-electron chi connectivity index (χ3n) is 6.87. The molecule has 34 heavy (non-hydrogen) atoms. The van der Waals surface area contributed by atoms with Gasteiger partial charge in [-0.2, -0.15) is 0 Å². The summed E-state index contributed by atoms with van der Waals surface area (Å²) in [5.41, 5.74) is 2.96. The number of unbranched alkanes of at least 4 members (excludes halogenated alkanes) is 1. The molecule has 2 fully saturated rings. The van der Waals surface area contributed by atoms with Gasteiger partial charge < -0.3 is 20.0 Å². The predicted octanol–water partition coefficient (Wildman–Crippen LogP) is 5.77. The number of rotatable bonds is 7. The summed E-state index contributed by atoms with van der Waals surface area (Å²) in [5, 5.41) is 5.26. The van der Waals surface area contributed by atoms with E-state index in [1.165, 1.54) is 0 Å². The van der Waals surface area contributed by atoms with Gasteiger partial charge in [0.2, 0.25) is 0 Å². The fourth-order valence-electron chi connectivity index (χ4n) is 4.92. The van der Waals surface area contributed by atoms with Crippen LogP contribution in [-0.2, 0) is 0 Å². The van der Waals surface area contributed by atoms with Crippen molar-refractivity contribution in [2.75, 3.05) is 38.1 Å². The second-order valence-corrected chi connectivity index (χ2v) is 10.3. The fourth-order valence-corrected chi connectivity index (χ4v) is 5.57. The molecule has 0 bridgehead atoms. The Hall–Kier alpha value is -2.02. The number of anilines is 1. The molecule has 2 unspecified atom stereocenters. The molecule has 0 aliphatic carbocycles. The number of carbonyl (C=O) groups excluding carboxylic acids is 1. The van der Waals surface area contributed by atoms with Gasteiger partial charge in [-0.3, -0.25) is 4.79 Å². The molecule has 2 atom stereocenters. The van der Waals surface area contributed by atoms with E-state index in [1.807, 2.05) is 31.3 Å². The topological polar surface area (TPSA) is 38.8 Å². The summed E-state index contributed by atoms with van der Waals surface area (Å²) in [7, 11) is 1.87. The van der Waals surface area contributed by atoms with Crippen molar-refractivity contribution >= 4 is 52.1 Å². The number of piperidine rings is 1. The third-order valence-corrected chi connectivity index (χ3v) is 7.99. The van der Waals surface area contributed by atoms with Crippen LogP contribution in [0, 0.1) is 0 Å². The summed E-state index contributed by atoms with van der Waals surface area (Å²) >= 11 is 18.2. The zero-order chi connectivity index (χ0) is 24.2. The quantitative estimate of drug-likeness (QED) is 0.471. The normalized spacial score (nSPS) is 20.4. The molecule has 2 saturated heterocycles. The van der Waals surface area contributed by atoms with Gasteiger partial charge in [-0.1, -0.05) is 42.6 Å². The average Bonchev–Trinajstić information content (AvgIpc) is 3.29. The summed E-state index contributed by atoms with van der Waals surface area (Å²) in [6.07, 6.45) is 4.03. The zero-order valence-electron chi connectivity index (χ0n) is 19.8. The summed E-state index contributed by atoms with van der Waals surface area (Å²) < 4.78 is 0. The van der Waals surface area contributed by atoms with Gasteiger partial charge in [-0.15, -0.1) is 0 Å². The molecule has 2 aliphatic rings. The Labute approximate surface area is 218 Å². The van der Waals surface area contributed by atoms with Gasteiger partial charge in [-0.25, -0.2) is 0 Å². The molecule has 1 amide bonds. The molecular formula is C26H32Cl2N4OS. The Morgan fingerprint density at radius 1 is 1.12 bits per heavy atom. The molecule has 0 saturated carbocycles. The molecule has 182 valence electrons. The van der Waals surface area contributed by atoms with Crippen molar-refractivity contribution in [2.45, 2.75) is 44.7 Å². The van der Waals surface area contributed by atoms with Crippen LogP contribution in [0.1, 0.15) is 54.6 Å². The molecule has 0 radical (unpaired) electrons. The number of halogens is 2. The first-order valence-electron chi connectivity index (χ1n) is 12.0. The Morgan fingerprint density at radius 3 is 2.53 bits per heavy atom. The van der Waals surface area contributed by atoms with E-state index in [0.717, 1.165) is 73.8 Å². The van der Waals surface area contributed by atoms with Crippen LogP contribution in [0.2, 0.25) is 10.0 Å². The number of benzene rings is 2. The second-order valence-electron chi connectivity index (χ2n) is 9.11. The maximum absolute atomic E-state index is 12.8. The molecular weight excluding hydrogens is 487 g/mol. The van der Waals surface area contributed by atoms with Crippen molar-refractivity contribution in [2.24, 2.45) is 0 Å². The van der Waals surface area contributed by atoms with E-state index in [-0.39, 0.29) is 11.9 Å². The molecule has 0 spiro atoms. The van der Waals surface area contributed by atoms with Crippen LogP contribution in [0.25, 0.3) is 0 Å². The van der Waals surface area contributed by atoms with E-state index in [1.54, 1.807) is 4.90 Å². The number of amides is 1. The number of hydrogen-bond donors (Lipinski definition) is 1. The number of hydrogen-bond acceptors (Lipinski definition) is 3. The molecule has 0 aromatic heterocycles. The monoisotopic (exact) mass is 518 g/mol. The molecule has 5 nitrogen and oxygen atoms in total. The van der Waals surface area contributed by atoms with Gasteiger partial charge in [0.05, 0.1) is 16.1 Å². The van der Waals surface area contributed by atoms with Crippen molar-refractivity contribution in [3.8, 4) is 0 Å². The van der Waals surface area contributed by atoms with Crippen LogP contribution in [-0.4, -0.2) is 60.1 Å². The predicted molar refractivity (Wildman–Crippen MR) is 145 cm³/mol. The van der Waals surface area contributed by atoms with Crippen LogP contribution >= 0.6 is 35.4 Å².